The Kier molecular flexibility index (Phi) is 3.48. The van der Waals surface area contributed by atoms with Crippen LogP contribution in [0, 0.1) is 11.3 Å². The predicted octanol–water partition coefficient (Wildman–Crippen LogP) is 2.42. The molecule has 3 atom stereocenters. The maximum Gasteiger partial charge on any atom is 0.128 e. The largest absolute Gasteiger partial charge is 0.381 e. The first-order valence-electron chi connectivity index (χ1n) is 5.14. The molecule has 1 rings (SSSR count). The number of methoxy groups -OCH3 is 1. The van der Waals surface area contributed by atoms with Crippen LogP contribution in [0.2, 0.25) is 0 Å². The predicted molar refractivity (Wildman–Crippen MR) is 52.6 cm³/mol. The van der Waals surface area contributed by atoms with Crippen LogP contribution in [0.1, 0.15) is 39.5 Å². The minimum atomic E-state index is -0.202. The SMILES string of the molecule is COC(C)C1(C=O)CCCC(C)C1. The number of aldehydes is 1. The quantitative estimate of drug-likeness (QED) is 0.630. The normalized spacial score (nSPS) is 37.0. The molecule has 76 valence electrons. The van der Waals surface area contributed by atoms with Crippen LogP contribution in [0.4, 0.5) is 0 Å². The molecule has 0 aromatic heterocycles. The van der Waals surface area contributed by atoms with Crippen molar-refractivity contribution in [1.82, 2.24) is 0 Å². The third-order valence-corrected chi connectivity index (χ3v) is 3.47. The molecule has 0 heterocycles. The van der Waals surface area contributed by atoms with Crippen molar-refractivity contribution in [2.24, 2.45) is 11.3 Å². The Morgan fingerprint density at radius 2 is 2.31 bits per heavy atom. The van der Waals surface area contributed by atoms with Gasteiger partial charge in [0, 0.05) is 7.11 Å². The summed E-state index contributed by atoms with van der Waals surface area (Å²) in [6.07, 6.45) is 5.59. The van der Waals surface area contributed by atoms with E-state index in [-0.39, 0.29) is 11.5 Å². The smallest absolute Gasteiger partial charge is 0.128 e. The summed E-state index contributed by atoms with van der Waals surface area (Å²) in [5.74, 6) is 0.663. The lowest BCUT2D eigenvalue weighted by Gasteiger charge is -2.39. The van der Waals surface area contributed by atoms with Crippen LogP contribution in [0.5, 0.6) is 0 Å². The molecular formula is C11H20O2. The van der Waals surface area contributed by atoms with Crippen molar-refractivity contribution in [3.63, 3.8) is 0 Å². The van der Waals surface area contributed by atoms with Gasteiger partial charge in [0.15, 0.2) is 0 Å². The summed E-state index contributed by atoms with van der Waals surface area (Å²) in [6, 6.07) is 0. The van der Waals surface area contributed by atoms with Crippen LogP contribution in [0.3, 0.4) is 0 Å². The Morgan fingerprint density at radius 3 is 2.77 bits per heavy atom. The van der Waals surface area contributed by atoms with Crippen molar-refractivity contribution in [3.8, 4) is 0 Å². The average molecular weight is 184 g/mol. The van der Waals surface area contributed by atoms with E-state index in [1.807, 2.05) is 6.92 Å². The zero-order chi connectivity index (χ0) is 9.90. The van der Waals surface area contributed by atoms with E-state index in [0.717, 1.165) is 25.5 Å². The van der Waals surface area contributed by atoms with Crippen molar-refractivity contribution in [2.45, 2.75) is 45.6 Å². The fourth-order valence-corrected chi connectivity index (χ4v) is 2.44. The van der Waals surface area contributed by atoms with Gasteiger partial charge in [0.2, 0.25) is 0 Å². The standard InChI is InChI=1S/C11H20O2/c1-9-5-4-6-11(7-9,8-12)10(2)13-3/h8-10H,4-7H2,1-3H3. The van der Waals surface area contributed by atoms with Crippen LogP contribution < -0.4 is 0 Å². The molecular weight excluding hydrogens is 164 g/mol. The monoisotopic (exact) mass is 184 g/mol. The third kappa shape index (κ3) is 2.11. The van der Waals surface area contributed by atoms with Gasteiger partial charge in [-0.1, -0.05) is 19.8 Å². The molecule has 1 fully saturated rings. The van der Waals surface area contributed by atoms with Crippen molar-refractivity contribution < 1.29 is 9.53 Å². The molecule has 0 aliphatic heterocycles. The van der Waals surface area contributed by atoms with Gasteiger partial charge in [0.1, 0.15) is 6.29 Å². The van der Waals surface area contributed by atoms with Crippen molar-refractivity contribution in [3.05, 3.63) is 0 Å². The lowest BCUT2D eigenvalue weighted by atomic mass is 9.68. The second-order valence-corrected chi connectivity index (χ2v) is 4.43. The second-order valence-electron chi connectivity index (χ2n) is 4.43. The minimum Gasteiger partial charge on any atom is -0.381 e. The molecule has 0 saturated heterocycles. The highest BCUT2D eigenvalue weighted by Gasteiger charge is 2.39. The molecule has 0 radical (unpaired) electrons. The first-order valence-corrected chi connectivity index (χ1v) is 5.14. The second kappa shape index (κ2) is 4.23. The molecule has 3 unspecified atom stereocenters. The number of rotatable bonds is 3. The highest BCUT2D eigenvalue weighted by Crippen LogP contribution is 2.41. The number of carbonyl (C=O) groups is 1. The van der Waals surface area contributed by atoms with Gasteiger partial charge in [-0.05, 0) is 25.7 Å². The summed E-state index contributed by atoms with van der Waals surface area (Å²) in [6.45, 7) is 4.23. The summed E-state index contributed by atoms with van der Waals surface area (Å²) in [5, 5.41) is 0. The van der Waals surface area contributed by atoms with Crippen LogP contribution in [-0.4, -0.2) is 19.5 Å². The Morgan fingerprint density at radius 1 is 1.62 bits per heavy atom. The van der Waals surface area contributed by atoms with Gasteiger partial charge >= 0.3 is 0 Å². The molecule has 2 heteroatoms. The Hall–Kier alpha value is -0.370. The zero-order valence-electron chi connectivity index (χ0n) is 8.88. The summed E-state index contributed by atoms with van der Waals surface area (Å²) in [4.78, 5) is 11.1. The zero-order valence-corrected chi connectivity index (χ0v) is 8.88. The van der Waals surface area contributed by atoms with Gasteiger partial charge in [0.05, 0.1) is 11.5 Å². The number of hydrogen-bond acceptors (Lipinski definition) is 2. The molecule has 0 spiro atoms. The Bertz CT molecular complexity index is 179. The van der Waals surface area contributed by atoms with Crippen LogP contribution in [0.15, 0.2) is 0 Å². The molecule has 0 aromatic carbocycles. The van der Waals surface area contributed by atoms with Crippen molar-refractivity contribution in [2.75, 3.05) is 7.11 Å². The summed E-state index contributed by atoms with van der Waals surface area (Å²) in [5.41, 5.74) is -0.202. The van der Waals surface area contributed by atoms with Crippen molar-refractivity contribution >= 4 is 6.29 Å². The van der Waals surface area contributed by atoms with Gasteiger partial charge in [0.25, 0.3) is 0 Å². The first kappa shape index (κ1) is 10.7. The lowest BCUT2D eigenvalue weighted by molar-refractivity contribution is -0.128. The van der Waals surface area contributed by atoms with Gasteiger partial charge in [-0.3, -0.25) is 0 Å². The topological polar surface area (TPSA) is 26.3 Å². The van der Waals surface area contributed by atoms with E-state index in [1.54, 1.807) is 7.11 Å². The average Bonchev–Trinajstić information content (AvgIpc) is 2.16. The molecule has 13 heavy (non-hydrogen) atoms. The van der Waals surface area contributed by atoms with E-state index in [1.165, 1.54) is 6.42 Å². The highest BCUT2D eigenvalue weighted by molar-refractivity contribution is 5.60. The molecule has 0 N–H and O–H groups in total. The van der Waals surface area contributed by atoms with E-state index in [9.17, 15) is 4.79 Å². The van der Waals surface area contributed by atoms with E-state index in [4.69, 9.17) is 4.74 Å². The minimum absolute atomic E-state index is 0.0627. The molecule has 1 aliphatic carbocycles. The fourth-order valence-electron chi connectivity index (χ4n) is 2.44. The van der Waals surface area contributed by atoms with Crippen LogP contribution in [-0.2, 0) is 9.53 Å². The maximum atomic E-state index is 11.1. The van der Waals surface area contributed by atoms with Crippen LogP contribution in [0.25, 0.3) is 0 Å². The maximum absolute atomic E-state index is 11.1. The van der Waals surface area contributed by atoms with Gasteiger partial charge < -0.3 is 9.53 Å². The van der Waals surface area contributed by atoms with Crippen molar-refractivity contribution in [1.29, 1.82) is 0 Å². The molecule has 0 aromatic rings. The van der Waals surface area contributed by atoms with E-state index in [2.05, 4.69) is 6.92 Å². The summed E-state index contributed by atoms with van der Waals surface area (Å²) < 4.78 is 5.30. The summed E-state index contributed by atoms with van der Waals surface area (Å²) in [7, 11) is 1.69. The molecule has 1 saturated carbocycles. The highest BCUT2D eigenvalue weighted by atomic mass is 16.5. The van der Waals surface area contributed by atoms with E-state index >= 15 is 0 Å². The van der Waals surface area contributed by atoms with E-state index in [0.29, 0.717) is 5.92 Å². The number of ether oxygens (including phenoxy) is 1. The van der Waals surface area contributed by atoms with Gasteiger partial charge in [-0.25, -0.2) is 0 Å². The molecule has 1 aliphatic rings. The Balaban J connectivity index is 2.72. The summed E-state index contributed by atoms with van der Waals surface area (Å²) >= 11 is 0. The van der Waals surface area contributed by atoms with Gasteiger partial charge in [-0.15, -0.1) is 0 Å². The van der Waals surface area contributed by atoms with Gasteiger partial charge in [-0.2, -0.15) is 0 Å². The molecule has 0 bridgehead atoms. The Labute approximate surface area is 80.7 Å². The first-order chi connectivity index (χ1) is 6.14. The number of hydrogen-bond donors (Lipinski definition) is 0. The number of carbonyl (C=O) groups excluding carboxylic acids is 1. The van der Waals surface area contributed by atoms with E-state index < -0.39 is 0 Å². The molecule has 0 amide bonds. The fraction of sp³-hybridized carbons (Fsp3) is 0.909. The molecule has 2 nitrogen and oxygen atoms in total. The van der Waals surface area contributed by atoms with Crippen LogP contribution >= 0.6 is 0 Å². The third-order valence-electron chi connectivity index (χ3n) is 3.47. The lowest BCUT2D eigenvalue weighted by Crippen LogP contribution is -2.40.